The number of hydrogen-bond donors (Lipinski definition) is 2. The second-order valence-electron chi connectivity index (χ2n) is 8.17. The highest BCUT2D eigenvalue weighted by molar-refractivity contribution is 7.89. The Bertz CT molecular complexity index is 1250. The molecule has 0 aliphatic heterocycles. The number of carbonyl (C=O) groups is 1. The van der Waals surface area contributed by atoms with E-state index >= 15 is 0 Å². The number of nitrogens with zero attached hydrogens (tertiary/aromatic N) is 2. The third-order valence-corrected chi connectivity index (χ3v) is 6.85. The first-order chi connectivity index (χ1) is 15.6. The molecule has 3 N–H and O–H groups in total. The van der Waals surface area contributed by atoms with Gasteiger partial charge in [-0.1, -0.05) is 12.8 Å². The molecule has 2 atom stereocenters. The van der Waals surface area contributed by atoms with Crippen LogP contribution in [0.1, 0.15) is 37.5 Å². The summed E-state index contributed by atoms with van der Waals surface area (Å²) in [5, 5.41) is 15.5. The SMILES string of the molecule is CN(O)C(=O)C1CCCCC1c1nc(-c2ccc(F)cc2)c(-c2ccc(S(N)(=O)=O)cc2)o1. The summed E-state index contributed by atoms with van der Waals surface area (Å²) in [6.45, 7) is 0. The van der Waals surface area contributed by atoms with Gasteiger partial charge in [-0.2, -0.15) is 0 Å². The van der Waals surface area contributed by atoms with E-state index in [1.165, 1.54) is 31.3 Å². The van der Waals surface area contributed by atoms with Crippen molar-refractivity contribution in [2.24, 2.45) is 11.1 Å². The standard InChI is InChI=1S/C23H24FN3O5S/c1-27(29)23(28)19-5-3-2-4-18(19)22-26-20(14-6-10-16(24)11-7-14)21(32-22)15-8-12-17(13-9-15)33(25,30)31/h6-13,18-19,29H,2-5H2,1H3,(H2,25,30,31). The van der Waals surface area contributed by atoms with Gasteiger partial charge in [0.25, 0.3) is 0 Å². The molecule has 2 aromatic carbocycles. The molecule has 0 radical (unpaired) electrons. The molecular weight excluding hydrogens is 449 g/mol. The van der Waals surface area contributed by atoms with Gasteiger partial charge in [-0.05, 0) is 61.4 Å². The van der Waals surface area contributed by atoms with Crippen molar-refractivity contribution in [2.75, 3.05) is 7.05 Å². The molecule has 1 aromatic heterocycles. The number of hydrogen-bond acceptors (Lipinski definition) is 6. The monoisotopic (exact) mass is 473 g/mol. The van der Waals surface area contributed by atoms with E-state index in [1.54, 1.807) is 24.3 Å². The van der Waals surface area contributed by atoms with Crippen LogP contribution in [0.15, 0.2) is 57.8 Å². The van der Waals surface area contributed by atoms with Crippen molar-refractivity contribution in [3.05, 3.63) is 60.2 Å². The van der Waals surface area contributed by atoms with E-state index in [0.29, 0.717) is 46.4 Å². The Morgan fingerprint density at radius 1 is 1.09 bits per heavy atom. The number of halogens is 1. The molecule has 0 bridgehead atoms. The van der Waals surface area contributed by atoms with Crippen LogP contribution < -0.4 is 5.14 Å². The normalized spacial score (nSPS) is 18.8. The van der Waals surface area contributed by atoms with Crippen LogP contribution in [0.2, 0.25) is 0 Å². The number of benzene rings is 2. The van der Waals surface area contributed by atoms with Crippen LogP contribution >= 0.6 is 0 Å². The van der Waals surface area contributed by atoms with Crippen LogP contribution in [0.3, 0.4) is 0 Å². The van der Waals surface area contributed by atoms with Gasteiger partial charge in [-0.3, -0.25) is 10.0 Å². The molecule has 174 valence electrons. The lowest BCUT2D eigenvalue weighted by Gasteiger charge is -2.29. The van der Waals surface area contributed by atoms with Crippen molar-refractivity contribution < 1.29 is 27.2 Å². The summed E-state index contributed by atoms with van der Waals surface area (Å²) in [5.74, 6) is -0.902. The van der Waals surface area contributed by atoms with E-state index in [9.17, 15) is 22.8 Å². The van der Waals surface area contributed by atoms with E-state index < -0.39 is 27.7 Å². The molecule has 1 amide bonds. The van der Waals surface area contributed by atoms with Crippen LogP contribution in [-0.2, 0) is 14.8 Å². The lowest BCUT2D eigenvalue weighted by atomic mass is 9.78. The van der Waals surface area contributed by atoms with Gasteiger partial charge in [0, 0.05) is 24.1 Å². The average molecular weight is 474 g/mol. The zero-order valence-corrected chi connectivity index (χ0v) is 18.8. The number of oxazole rings is 1. The second-order valence-corrected chi connectivity index (χ2v) is 9.73. The largest absolute Gasteiger partial charge is 0.440 e. The van der Waals surface area contributed by atoms with Crippen LogP contribution in [0, 0.1) is 11.7 Å². The van der Waals surface area contributed by atoms with E-state index in [4.69, 9.17) is 9.56 Å². The average Bonchev–Trinajstić information content (AvgIpc) is 3.24. The number of amides is 1. The number of primary sulfonamides is 1. The van der Waals surface area contributed by atoms with E-state index in [0.717, 1.165) is 12.8 Å². The number of sulfonamides is 1. The molecule has 1 saturated carbocycles. The molecule has 0 saturated heterocycles. The molecule has 8 nitrogen and oxygen atoms in total. The van der Waals surface area contributed by atoms with E-state index in [-0.39, 0.29) is 10.8 Å². The Morgan fingerprint density at radius 3 is 2.30 bits per heavy atom. The second kappa shape index (κ2) is 9.05. The predicted octanol–water partition coefficient (Wildman–Crippen LogP) is 3.92. The Hall–Kier alpha value is -3.08. The molecule has 1 aliphatic rings. The third-order valence-electron chi connectivity index (χ3n) is 5.93. The highest BCUT2D eigenvalue weighted by Crippen LogP contribution is 2.42. The first-order valence-corrected chi connectivity index (χ1v) is 12.1. The molecule has 1 heterocycles. The molecule has 3 aromatic rings. The van der Waals surface area contributed by atoms with Gasteiger partial charge in [0.05, 0.1) is 10.8 Å². The van der Waals surface area contributed by atoms with Crippen molar-refractivity contribution in [1.82, 2.24) is 10.0 Å². The van der Waals surface area contributed by atoms with Crippen LogP contribution in [-0.4, -0.2) is 36.6 Å². The number of carbonyl (C=O) groups excluding carboxylic acids is 1. The minimum absolute atomic E-state index is 0.0433. The summed E-state index contributed by atoms with van der Waals surface area (Å²) >= 11 is 0. The molecule has 4 rings (SSSR count). The van der Waals surface area contributed by atoms with E-state index in [2.05, 4.69) is 4.98 Å². The van der Waals surface area contributed by atoms with Crippen molar-refractivity contribution in [3.8, 4) is 22.6 Å². The van der Waals surface area contributed by atoms with Crippen LogP contribution in [0.5, 0.6) is 0 Å². The lowest BCUT2D eigenvalue weighted by molar-refractivity contribution is -0.166. The van der Waals surface area contributed by atoms with Gasteiger partial charge in [0.1, 0.15) is 11.5 Å². The fourth-order valence-corrected chi connectivity index (χ4v) is 4.77. The molecule has 1 fully saturated rings. The summed E-state index contributed by atoms with van der Waals surface area (Å²) in [4.78, 5) is 17.2. The number of aromatic nitrogens is 1. The van der Waals surface area contributed by atoms with Crippen LogP contribution in [0.4, 0.5) is 4.39 Å². The summed E-state index contributed by atoms with van der Waals surface area (Å²) in [6, 6.07) is 11.6. The molecule has 1 aliphatic carbocycles. The van der Waals surface area contributed by atoms with Gasteiger partial charge in [-0.25, -0.2) is 28.0 Å². The Morgan fingerprint density at radius 2 is 1.70 bits per heavy atom. The van der Waals surface area contributed by atoms with E-state index in [1.807, 2.05) is 0 Å². The van der Waals surface area contributed by atoms with Crippen molar-refractivity contribution >= 4 is 15.9 Å². The van der Waals surface area contributed by atoms with Crippen molar-refractivity contribution in [2.45, 2.75) is 36.5 Å². The lowest BCUT2D eigenvalue weighted by Crippen LogP contribution is -2.35. The minimum Gasteiger partial charge on any atom is -0.440 e. The Balaban J connectivity index is 1.82. The highest BCUT2D eigenvalue weighted by Gasteiger charge is 2.37. The van der Waals surface area contributed by atoms with Crippen molar-refractivity contribution in [3.63, 3.8) is 0 Å². The summed E-state index contributed by atoms with van der Waals surface area (Å²) in [5.41, 5.74) is 1.61. The maximum atomic E-state index is 13.5. The molecule has 0 spiro atoms. The van der Waals surface area contributed by atoms with Crippen molar-refractivity contribution in [1.29, 1.82) is 0 Å². The van der Waals surface area contributed by atoms with Gasteiger partial charge < -0.3 is 4.42 Å². The number of hydroxylamine groups is 2. The van der Waals surface area contributed by atoms with Gasteiger partial charge in [0.15, 0.2) is 11.7 Å². The summed E-state index contributed by atoms with van der Waals surface area (Å²) < 4.78 is 42.9. The summed E-state index contributed by atoms with van der Waals surface area (Å²) in [6.07, 6.45) is 3.00. The molecule has 2 unspecified atom stereocenters. The fourth-order valence-electron chi connectivity index (χ4n) is 4.25. The van der Waals surface area contributed by atoms with Gasteiger partial charge >= 0.3 is 0 Å². The van der Waals surface area contributed by atoms with Gasteiger partial charge in [-0.15, -0.1) is 0 Å². The number of nitrogens with two attached hydrogens (primary N) is 1. The molecule has 33 heavy (non-hydrogen) atoms. The molecule has 10 heteroatoms. The Labute approximate surface area is 190 Å². The smallest absolute Gasteiger partial charge is 0.249 e. The zero-order chi connectivity index (χ0) is 23.8. The summed E-state index contributed by atoms with van der Waals surface area (Å²) in [7, 11) is -2.56. The maximum absolute atomic E-state index is 13.5. The predicted molar refractivity (Wildman–Crippen MR) is 118 cm³/mol. The third kappa shape index (κ3) is 4.82. The molecular formula is C23H24FN3O5S. The van der Waals surface area contributed by atoms with Gasteiger partial charge in [0.2, 0.25) is 15.9 Å². The Kier molecular flexibility index (Phi) is 6.33. The minimum atomic E-state index is -3.86. The highest BCUT2D eigenvalue weighted by atomic mass is 32.2. The topological polar surface area (TPSA) is 127 Å². The first kappa shape index (κ1) is 23.1. The first-order valence-electron chi connectivity index (χ1n) is 10.5. The van der Waals surface area contributed by atoms with Crippen LogP contribution in [0.25, 0.3) is 22.6 Å². The fraction of sp³-hybridized carbons (Fsp3) is 0.304. The zero-order valence-electron chi connectivity index (χ0n) is 17.9. The quantitative estimate of drug-likeness (QED) is 0.427. The maximum Gasteiger partial charge on any atom is 0.249 e. The number of rotatable bonds is 5.